The fourth-order valence-electron chi connectivity index (χ4n) is 2.24. The zero-order chi connectivity index (χ0) is 13.2. The number of nitrogens with zero attached hydrogens (tertiary/aromatic N) is 2. The van der Waals surface area contributed by atoms with Crippen molar-refractivity contribution >= 4 is 5.91 Å². The molecule has 0 radical (unpaired) electrons. The molecule has 18 heavy (non-hydrogen) atoms. The van der Waals surface area contributed by atoms with Crippen LogP contribution < -0.4 is 5.32 Å². The van der Waals surface area contributed by atoms with Crippen LogP contribution in [0.15, 0.2) is 6.07 Å². The van der Waals surface area contributed by atoms with Crippen molar-refractivity contribution in [2.75, 3.05) is 13.2 Å². The standard InChI is InChI=1S/C13H21N3O2/c1-10-7-11(2)16(15-10)8-12(18)14-9-13(3-4-13)5-6-17/h7,17H,3-6,8-9H2,1-2H3,(H,14,18). The second-order valence-corrected chi connectivity index (χ2v) is 5.34. The van der Waals surface area contributed by atoms with Gasteiger partial charge in [-0.15, -0.1) is 0 Å². The van der Waals surface area contributed by atoms with Gasteiger partial charge in [0.1, 0.15) is 6.54 Å². The fourth-order valence-corrected chi connectivity index (χ4v) is 2.24. The van der Waals surface area contributed by atoms with E-state index in [-0.39, 0.29) is 24.5 Å². The summed E-state index contributed by atoms with van der Waals surface area (Å²) in [5, 5.41) is 16.2. The maximum absolute atomic E-state index is 11.8. The third-order valence-corrected chi connectivity index (χ3v) is 3.66. The largest absolute Gasteiger partial charge is 0.396 e. The lowest BCUT2D eigenvalue weighted by Crippen LogP contribution is -2.33. The second-order valence-electron chi connectivity index (χ2n) is 5.34. The summed E-state index contributed by atoms with van der Waals surface area (Å²) in [5.74, 6) is -0.00888. The molecular formula is C13H21N3O2. The molecule has 1 heterocycles. The van der Waals surface area contributed by atoms with Crippen LogP contribution in [0.25, 0.3) is 0 Å². The van der Waals surface area contributed by atoms with E-state index in [0.29, 0.717) is 6.54 Å². The van der Waals surface area contributed by atoms with Crippen LogP contribution >= 0.6 is 0 Å². The Balaban J connectivity index is 1.81. The number of carbonyl (C=O) groups excluding carboxylic acids is 1. The summed E-state index contributed by atoms with van der Waals surface area (Å²) in [6.07, 6.45) is 2.99. The quantitative estimate of drug-likeness (QED) is 0.785. The van der Waals surface area contributed by atoms with Gasteiger partial charge in [-0.05, 0) is 44.6 Å². The highest BCUT2D eigenvalue weighted by Crippen LogP contribution is 2.47. The van der Waals surface area contributed by atoms with Gasteiger partial charge >= 0.3 is 0 Å². The SMILES string of the molecule is Cc1cc(C)n(CC(=O)NCC2(CCO)CC2)n1. The summed E-state index contributed by atoms with van der Waals surface area (Å²) in [6.45, 7) is 5.01. The highest BCUT2D eigenvalue weighted by molar-refractivity contribution is 5.75. The zero-order valence-corrected chi connectivity index (χ0v) is 11.1. The molecule has 5 heteroatoms. The van der Waals surface area contributed by atoms with Gasteiger partial charge in [-0.2, -0.15) is 5.10 Å². The summed E-state index contributed by atoms with van der Waals surface area (Å²) in [6, 6.07) is 1.96. The van der Waals surface area contributed by atoms with Gasteiger partial charge in [0.15, 0.2) is 0 Å². The van der Waals surface area contributed by atoms with Gasteiger partial charge in [-0.25, -0.2) is 0 Å². The molecule has 2 N–H and O–H groups in total. The number of amides is 1. The van der Waals surface area contributed by atoms with E-state index in [4.69, 9.17) is 5.11 Å². The zero-order valence-electron chi connectivity index (χ0n) is 11.1. The first kappa shape index (κ1) is 13.1. The summed E-state index contributed by atoms with van der Waals surface area (Å²) < 4.78 is 1.72. The lowest BCUT2D eigenvalue weighted by Gasteiger charge is -2.14. The molecule has 5 nitrogen and oxygen atoms in total. The molecule has 1 aliphatic rings. The van der Waals surface area contributed by atoms with Crippen LogP contribution in [0.4, 0.5) is 0 Å². The minimum absolute atomic E-state index is 0.00888. The Morgan fingerprint density at radius 2 is 2.28 bits per heavy atom. The van der Waals surface area contributed by atoms with Crippen molar-refractivity contribution in [3.05, 3.63) is 17.5 Å². The number of aryl methyl sites for hydroxylation is 2. The van der Waals surface area contributed by atoms with Crippen molar-refractivity contribution in [1.82, 2.24) is 15.1 Å². The van der Waals surface area contributed by atoms with Crippen molar-refractivity contribution in [3.8, 4) is 0 Å². The maximum Gasteiger partial charge on any atom is 0.241 e. The van der Waals surface area contributed by atoms with Crippen LogP contribution in [-0.4, -0.2) is 33.9 Å². The molecular weight excluding hydrogens is 230 g/mol. The van der Waals surface area contributed by atoms with Gasteiger partial charge in [0.2, 0.25) is 5.91 Å². The van der Waals surface area contributed by atoms with Gasteiger partial charge in [0, 0.05) is 18.8 Å². The molecule has 1 aliphatic carbocycles. The Labute approximate surface area is 107 Å². The Kier molecular flexibility index (Phi) is 3.71. The Morgan fingerprint density at radius 1 is 1.56 bits per heavy atom. The number of nitrogens with one attached hydrogen (secondary N) is 1. The van der Waals surface area contributed by atoms with Crippen LogP contribution in [-0.2, 0) is 11.3 Å². The Hall–Kier alpha value is -1.36. The lowest BCUT2D eigenvalue weighted by atomic mass is 10.0. The molecule has 2 rings (SSSR count). The average Bonchev–Trinajstić information content (AvgIpc) is 2.99. The van der Waals surface area contributed by atoms with Crippen molar-refractivity contribution in [1.29, 1.82) is 0 Å². The number of rotatable bonds is 6. The molecule has 0 aliphatic heterocycles. The number of aliphatic hydroxyl groups excluding tert-OH is 1. The Morgan fingerprint density at radius 3 is 2.78 bits per heavy atom. The molecule has 0 bridgehead atoms. The van der Waals surface area contributed by atoms with Crippen molar-refractivity contribution in [3.63, 3.8) is 0 Å². The first-order valence-corrected chi connectivity index (χ1v) is 6.43. The lowest BCUT2D eigenvalue weighted by molar-refractivity contribution is -0.122. The topological polar surface area (TPSA) is 67.2 Å². The van der Waals surface area contributed by atoms with Crippen LogP contribution in [0.5, 0.6) is 0 Å². The summed E-state index contributed by atoms with van der Waals surface area (Å²) >= 11 is 0. The second kappa shape index (κ2) is 5.10. The predicted molar refractivity (Wildman–Crippen MR) is 68.1 cm³/mol. The molecule has 1 fully saturated rings. The van der Waals surface area contributed by atoms with Gasteiger partial charge in [0.25, 0.3) is 0 Å². The summed E-state index contributed by atoms with van der Waals surface area (Å²) in [7, 11) is 0. The van der Waals surface area contributed by atoms with Gasteiger partial charge in [-0.1, -0.05) is 0 Å². The van der Waals surface area contributed by atoms with Gasteiger partial charge < -0.3 is 10.4 Å². The van der Waals surface area contributed by atoms with Crippen LogP contribution in [0.2, 0.25) is 0 Å². The van der Waals surface area contributed by atoms with Crippen LogP contribution in [0.1, 0.15) is 30.7 Å². The van der Waals surface area contributed by atoms with Crippen LogP contribution in [0.3, 0.4) is 0 Å². The van der Waals surface area contributed by atoms with E-state index in [9.17, 15) is 4.79 Å². The van der Waals surface area contributed by atoms with Crippen LogP contribution in [0, 0.1) is 19.3 Å². The highest BCUT2D eigenvalue weighted by Gasteiger charge is 2.41. The predicted octanol–water partition coefficient (Wildman–Crippen LogP) is 0.779. The number of carbonyl (C=O) groups is 1. The third kappa shape index (κ3) is 3.10. The summed E-state index contributed by atoms with van der Waals surface area (Å²) in [4.78, 5) is 11.8. The number of aromatic nitrogens is 2. The van der Waals surface area contributed by atoms with Crippen molar-refractivity contribution < 1.29 is 9.90 Å². The highest BCUT2D eigenvalue weighted by atomic mass is 16.3. The van der Waals surface area contributed by atoms with Crippen molar-refractivity contribution in [2.24, 2.45) is 5.41 Å². The van der Waals surface area contributed by atoms with E-state index in [1.807, 2.05) is 19.9 Å². The smallest absolute Gasteiger partial charge is 0.241 e. The van der Waals surface area contributed by atoms with Gasteiger partial charge in [-0.3, -0.25) is 9.48 Å². The van der Waals surface area contributed by atoms with E-state index in [1.54, 1.807) is 4.68 Å². The average molecular weight is 251 g/mol. The molecule has 0 aromatic carbocycles. The van der Waals surface area contributed by atoms with E-state index in [0.717, 1.165) is 30.7 Å². The monoisotopic (exact) mass is 251 g/mol. The maximum atomic E-state index is 11.8. The number of hydrogen-bond donors (Lipinski definition) is 2. The first-order valence-electron chi connectivity index (χ1n) is 6.43. The first-order chi connectivity index (χ1) is 8.54. The molecule has 100 valence electrons. The molecule has 0 spiro atoms. The number of hydrogen-bond acceptors (Lipinski definition) is 3. The molecule has 1 saturated carbocycles. The Bertz CT molecular complexity index is 435. The van der Waals surface area contributed by atoms with E-state index >= 15 is 0 Å². The van der Waals surface area contributed by atoms with Crippen molar-refractivity contribution in [2.45, 2.75) is 39.7 Å². The minimum atomic E-state index is -0.00888. The molecule has 0 atom stereocenters. The third-order valence-electron chi connectivity index (χ3n) is 3.66. The molecule has 0 unspecified atom stereocenters. The molecule has 1 aromatic heterocycles. The normalized spacial score (nSPS) is 16.6. The van der Waals surface area contributed by atoms with Gasteiger partial charge in [0.05, 0.1) is 5.69 Å². The van der Waals surface area contributed by atoms with E-state index in [1.165, 1.54) is 0 Å². The fraction of sp³-hybridized carbons (Fsp3) is 0.692. The summed E-state index contributed by atoms with van der Waals surface area (Å²) in [5.41, 5.74) is 2.10. The molecule has 0 saturated heterocycles. The molecule has 1 amide bonds. The minimum Gasteiger partial charge on any atom is -0.396 e. The van der Waals surface area contributed by atoms with E-state index in [2.05, 4.69) is 10.4 Å². The number of aliphatic hydroxyl groups is 1. The van der Waals surface area contributed by atoms with E-state index < -0.39 is 0 Å². The molecule has 1 aromatic rings.